The largest absolute Gasteiger partial charge is 0.328 e. The van der Waals surface area contributed by atoms with Gasteiger partial charge in [0.15, 0.2) is 0 Å². The van der Waals surface area contributed by atoms with Gasteiger partial charge in [0.2, 0.25) is 0 Å². The lowest BCUT2D eigenvalue weighted by Gasteiger charge is -2.40. The minimum atomic E-state index is -0.153. The molecule has 0 bridgehead atoms. The summed E-state index contributed by atoms with van der Waals surface area (Å²) in [5.41, 5.74) is 11.9. The second-order valence-electron chi connectivity index (χ2n) is 4.98. The molecule has 12 heavy (non-hydrogen) atoms. The molecule has 1 unspecified atom stereocenters. The predicted octanol–water partition coefficient (Wildman–Crippen LogP) is 1.88. The third-order valence-electron chi connectivity index (χ3n) is 3.04. The molecule has 74 valence electrons. The first kappa shape index (κ1) is 11.9. The third-order valence-corrected chi connectivity index (χ3v) is 3.04. The van der Waals surface area contributed by atoms with Gasteiger partial charge in [0.05, 0.1) is 0 Å². The summed E-state index contributed by atoms with van der Waals surface area (Å²) in [4.78, 5) is 0. The van der Waals surface area contributed by atoms with E-state index in [1.165, 1.54) is 0 Å². The smallest absolute Gasteiger partial charge is 0.0149 e. The molecule has 0 amide bonds. The summed E-state index contributed by atoms with van der Waals surface area (Å²) in [6, 6.07) is 0.280. The van der Waals surface area contributed by atoms with Crippen molar-refractivity contribution in [3.8, 4) is 0 Å². The van der Waals surface area contributed by atoms with E-state index in [-0.39, 0.29) is 17.0 Å². The SMILES string of the molecule is CCC(N)CC(C)(C)C(C)(C)N. The summed E-state index contributed by atoms with van der Waals surface area (Å²) in [7, 11) is 0. The zero-order valence-corrected chi connectivity index (χ0v) is 9.15. The van der Waals surface area contributed by atoms with Crippen molar-refractivity contribution in [2.75, 3.05) is 0 Å². The van der Waals surface area contributed by atoms with Crippen LogP contribution in [0.25, 0.3) is 0 Å². The molecule has 1 atom stereocenters. The van der Waals surface area contributed by atoms with Gasteiger partial charge in [-0.25, -0.2) is 0 Å². The van der Waals surface area contributed by atoms with Crippen molar-refractivity contribution < 1.29 is 0 Å². The Kier molecular flexibility index (Phi) is 3.73. The second-order valence-corrected chi connectivity index (χ2v) is 4.98. The summed E-state index contributed by atoms with van der Waals surface area (Å²) in [5, 5.41) is 0. The van der Waals surface area contributed by atoms with Crippen LogP contribution in [-0.4, -0.2) is 11.6 Å². The van der Waals surface area contributed by atoms with Crippen LogP contribution in [-0.2, 0) is 0 Å². The fourth-order valence-corrected chi connectivity index (χ4v) is 1.06. The van der Waals surface area contributed by atoms with Gasteiger partial charge < -0.3 is 11.5 Å². The van der Waals surface area contributed by atoms with Gasteiger partial charge in [-0.3, -0.25) is 0 Å². The van der Waals surface area contributed by atoms with E-state index in [1.807, 2.05) is 0 Å². The minimum absolute atomic E-state index is 0.114. The van der Waals surface area contributed by atoms with Gasteiger partial charge in [-0.05, 0) is 32.1 Å². The monoisotopic (exact) mass is 172 g/mol. The first-order valence-corrected chi connectivity index (χ1v) is 4.75. The number of nitrogens with two attached hydrogens (primary N) is 2. The Morgan fingerprint density at radius 3 is 1.83 bits per heavy atom. The van der Waals surface area contributed by atoms with Crippen molar-refractivity contribution in [3.05, 3.63) is 0 Å². The normalized spacial score (nSPS) is 16.2. The van der Waals surface area contributed by atoms with E-state index in [4.69, 9.17) is 11.5 Å². The minimum Gasteiger partial charge on any atom is -0.328 e. The molecule has 0 radical (unpaired) electrons. The van der Waals surface area contributed by atoms with E-state index in [9.17, 15) is 0 Å². The fraction of sp³-hybridized carbons (Fsp3) is 1.00. The maximum Gasteiger partial charge on any atom is 0.0149 e. The van der Waals surface area contributed by atoms with E-state index >= 15 is 0 Å². The van der Waals surface area contributed by atoms with Crippen LogP contribution in [0.1, 0.15) is 47.5 Å². The Bertz CT molecular complexity index is 133. The number of hydrogen-bond donors (Lipinski definition) is 2. The first-order valence-electron chi connectivity index (χ1n) is 4.75. The van der Waals surface area contributed by atoms with Crippen molar-refractivity contribution >= 4 is 0 Å². The molecule has 0 aromatic heterocycles. The molecule has 0 aliphatic rings. The molecule has 2 nitrogen and oxygen atoms in total. The Labute approximate surface area is 76.7 Å². The summed E-state index contributed by atoms with van der Waals surface area (Å²) in [6.45, 7) is 10.6. The molecule has 0 saturated carbocycles. The average molecular weight is 172 g/mol. The summed E-state index contributed by atoms with van der Waals surface area (Å²) in [5.74, 6) is 0. The molecule has 0 saturated heterocycles. The molecule has 0 rings (SSSR count). The lowest BCUT2D eigenvalue weighted by Crippen LogP contribution is -2.49. The van der Waals surface area contributed by atoms with Crippen LogP contribution in [0.5, 0.6) is 0 Å². The molecule has 2 heteroatoms. The predicted molar refractivity (Wildman–Crippen MR) is 54.9 cm³/mol. The summed E-state index contributed by atoms with van der Waals surface area (Å²) >= 11 is 0. The first-order chi connectivity index (χ1) is 5.20. The van der Waals surface area contributed by atoms with E-state index in [2.05, 4.69) is 34.6 Å². The molecule has 0 aromatic carbocycles. The van der Waals surface area contributed by atoms with E-state index < -0.39 is 0 Å². The van der Waals surface area contributed by atoms with E-state index in [0.717, 1.165) is 12.8 Å². The van der Waals surface area contributed by atoms with Crippen LogP contribution in [0.2, 0.25) is 0 Å². The second kappa shape index (κ2) is 3.75. The van der Waals surface area contributed by atoms with Gasteiger partial charge >= 0.3 is 0 Å². The number of rotatable bonds is 4. The molecule has 0 fully saturated rings. The van der Waals surface area contributed by atoms with E-state index in [1.54, 1.807) is 0 Å². The molecule has 0 aliphatic carbocycles. The Morgan fingerprint density at radius 2 is 1.58 bits per heavy atom. The zero-order chi connectivity index (χ0) is 9.99. The van der Waals surface area contributed by atoms with Crippen molar-refractivity contribution in [2.24, 2.45) is 16.9 Å². The van der Waals surface area contributed by atoms with Gasteiger partial charge in [0.1, 0.15) is 0 Å². The standard InChI is InChI=1S/C10H24N2/c1-6-8(11)7-9(2,3)10(4,5)12/h8H,6-7,11-12H2,1-5H3. The maximum absolute atomic E-state index is 6.06. The zero-order valence-electron chi connectivity index (χ0n) is 9.15. The van der Waals surface area contributed by atoms with Crippen LogP contribution in [0.3, 0.4) is 0 Å². The quantitative estimate of drug-likeness (QED) is 0.680. The molecule has 0 aromatic rings. The molecule has 0 heterocycles. The Morgan fingerprint density at radius 1 is 1.17 bits per heavy atom. The topological polar surface area (TPSA) is 52.0 Å². The van der Waals surface area contributed by atoms with Crippen molar-refractivity contribution in [1.29, 1.82) is 0 Å². The van der Waals surface area contributed by atoms with Crippen molar-refractivity contribution in [2.45, 2.75) is 59.0 Å². The lowest BCUT2D eigenvalue weighted by atomic mass is 9.71. The highest BCUT2D eigenvalue weighted by Crippen LogP contribution is 2.33. The van der Waals surface area contributed by atoms with Gasteiger partial charge in [-0.15, -0.1) is 0 Å². The van der Waals surface area contributed by atoms with Crippen LogP contribution in [0, 0.1) is 5.41 Å². The van der Waals surface area contributed by atoms with Crippen LogP contribution in [0.15, 0.2) is 0 Å². The highest BCUT2D eigenvalue weighted by atomic mass is 14.8. The van der Waals surface area contributed by atoms with Gasteiger partial charge in [-0.1, -0.05) is 20.8 Å². The van der Waals surface area contributed by atoms with E-state index in [0.29, 0.717) is 0 Å². The third kappa shape index (κ3) is 3.11. The summed E-state index contributed by atoms with van der Waals surface area (Å²) in [6.07, 6.45) is 2.02. The van der Waals surface area contributed by atoms with Gasteiger partial charge in [0.25, 0.3) is 0 Å². The Balaban J connectivity index is 4.22. The average Bonchev–Trinajstić information content (AvgIpc) is 1.84. The highest BCUT2D eigenvalue weighted by molar-refractivity contribution is 4.91. The summed E-state index contributed by atoms with van der Waals surface area (Å²) < 4.78 is 0. The molecular formula is C10H24N2. The molecule has 0 aliphatic heterocycles. The van der Waals surface area contributed by atoms with Crippen LogP contribution < -0.4 is 11.5 Å². The van der Waals surface area contributed by atoms with Crippen molar-refractivity contribution in [3.63, 3.8) is 0 Å². The fourth-order valence-electron chi connectivity index (χ4n) is 1.06. The van der Waals surface area contributed by atoms with Gasteiger partial charge in [-0.2, -0.15) is 0 Å². The van der Waals surface area contributed by atoms with Gasteiger partial charge in [0, 0.05) is 11.6 Å². The highest BCUT2D eigenvalue weighted by Gasteiger charge is 2.34. The lowest BCUT2D eigenvalue weighted by molar-refractivity contribution is 0.171. The number of hydrogen-bond acceptors (Lipinski definition) is 2. The molecule has 0 spiro atoms. The maximum atomic E-state index is 6.06. The molecular weight excluding hydrogens is 148 g/mol. The van der Waals surface area contributed by atoms with Crippen LogP contribution >= 0.6 is 0 Å². The molecule has 4 N–H and O–H groups in total. The van der Waals surface area contributed by atoms with Crippen LogP contribution in [0.4, 0.5) is 0 Å². The van der Waals surface area contributed by atoms with Crippen molar-refractivity contribution in [1.82, 2.24) is 0 Å². The Hall–Kier alpha value is -0.0800.